The Morgan fingerprint density at radius 2 is 1.52 bits per heavy atom. The van der Waals surface area contributed by atoms with Gasteiger partial charge in [0.2, 0.25) is 11.8 Å². The van der Waals surface area contributed by atoms with E-state index in [2.05, 4.69) is 5.32 Å². The van der Waals surface area contributed by atoms with Crippen molar-refractivity contribution in [3.8, 4) is 5.75 Å². The average molecular weight is 566 g/mol. The summed E-state index contributed by atoms with van der Waals surface area (Å²) in [5.41, 5.74) is 2.23. The number of methoxy groups -OCH3 is 1. The van der Waals surface area contributed by atoms with Crippen LogP contribution >= 0.6 is 0 Å². The van der Waals surface area contributed by atoms with Crippen LogP contribution in [-0.4, -0.2) is 50.9 Å². The lowest BCUT2D eigenvalue weighted by Crippen LogP contribution is -2.53. The number of ether oxygens (including phenoxy) is 1. The summed E-state index contributed by atoms with van der Waals surface area (Å²) < 4.78 is 34.0. The molecule has 214 valence electrons. The van der Waals surface area contributed by atoms with Crippen LogP contribution < -0.4 is 14.4 Å². The predicted molar refractivity (Wildman–Crippen MR) is 158 cm³/mol. The van der Waals surface area contributed by atoms with Gasteiger partial charge in [0.25, 0.3) is 10.0 Å². The molecule has 3 rings (SSSR count). The molecular weight excluding hydrogens is 526 g/mol. The number of rotatable bonds is 13. The zero-order valence-corrected chi connectivity index (χ0v) is 24.6. The van der Waals surface area contributed by atoms with E-state index in [0.717, 1.165) is 21.9 Å². The Bertz CT molecular complexity index is 1360. The number of hydrogen-bond donors (Lipinski definition) is 1. The van der Waals surface area contributed by atoms with Gasteiger partial charge in [0.1, 0.15) is 18.3 Å². The molecule has 2 atom stereocenters. The van der Waals surface area contributed by atoms with E-state index in [9.17, 15) is 18.0 Å². The Labute approximate surface area is 238 Å². The van der Waals surface area contributed by atoms with Crippen molar-refractivity contribution in [1.82, 2.24) is 10.2 Å². The fourth-order valence-corrected chi connectivity index (χ4v) is 5.68. The molecule has 0 aliphatic carbocycles. The molecule has 0 bridgehead atoms. The zero-order valence-electron chi connectivity index (χ0n) is 23.8. The lowest BCUT2D eigenvalue weighted by atomic mass is 10.1. The molecule has 0 aliphatic heterocycles. The van der Waals surface area contributed by atoms with Crippen molar-refractivity contribution in [1.29, 1.82) is 0 Å². The smallest absolute Gasteiger partial charge is 0.264 e. The number of sulfonamides is 1. The molecule has 0 unspecified atom stereocenters. The highest BCUT2D eigenvalue weighted by Crippen LogP contribution is 2.26. The van der Waals surface area contributed by atoms with Crippen molar-refractivity contribution in [3.05, 3.63) is 90.0 Å². The minimum Gasteiger partial charge on any atom is -0.497 e. The van der Waals surface area contributed by atoms with E-state index in [1.807, 2.05) is 52.0 Å². The maximum Gasteiger partial charge on any atom is 0.264 e. The Balaban J connectivity index is 2.04. The van der Waals surface area contributed by atoms with Gasteiger partial charge in [-0.15, -0.1) is 0 Å². The van der Waals surface area contributed by atoms with Gasteiger partial charge in [-0.3, -0.25) is 13.9 Å². The quantitative estimate of drug-likeness (QED) is 0.317. The summed E-state index contributed by atoms with van der Waals surface area (Å²) >= 11 is 0. The maximum atomic E-state index is 14.1. The van der Waals surface area contributed by atoms with Crippen LogP contribution in [0.4, 0.5) is 5.69 Å². The first-order valence-corrected chi connectivity index (χ1v) is 14.9. The highest BCUT2D eigenvalue weighted by molar-refractivity contribution is 7.92. The Morgan fingerprint density at radius 1 is 0.900 bits per heavy atom. The lowest BCUT2D eigenvalue weighted by molar-refractivity contribution is -0.140. The van der Waals surface area contributed by atoms with Crippen LogP contribution in [0.2, 0.25) is 0 Å². The van der Waals surface area contributed by atoms with Crippen LogP contribution in [0.5, 0.6) is 5.75 Å². The topological polar surface area (TPSA) is 96.0 Å². The third-order valence-corrected chi connectivity index (χ3v) is 8.62. The number of carbonyl (C=O) groups is 2. The predicted octanol–water partition coefficient (Wildman–Crippen LogP) is 4.92. The van der Waals surface area contributed by atoms with Crippen LogP contribution in [0.3, 0.4) is 0 Å². The second-order valence-corrected chi connectivity index (χ2v) is 11.6. The molecule has 0 radical (unpaired) electrons. The monoisotopic (exact) mass is 565 g/mol. The summed E-state index contributed by atoms with van der Waals surface area (Å²) in [4.78, 5) is 28.9. The molecule has 3 aromatic carbocycles. The second kappa shape index (κ2) is 14.0. The number of benzene rings is 3. The van der Waals surface area contributed by atoms with Crippen LogP contribution in [0.1, 0.15) is 44.7 Å². The average Bonchev–Trinajstić information content (AvgIpc) is 2.97. The highest BCUT2D eigenvalue weighted by Gasteiger charge is 2.34. The number of aryl methyl sites for hydroxylation is 1. The molecule has 0 aliphatic rings. The molecule has 9 heteroatoms. The molecular formula is C31H39N3O5S. The van der Waals surface area contributed by atoms with Crippen molar-refractivity contribution in [2.24, 2.45) is 0 Å². The minimum atomic E-state index is -4.11. The number of amides is 2. The van der Waals surface area contributed by atoms with Crippen LogP contribution in [0.25, 0.3) is 0 Å². The molecule has 0 saturated carbocycles. The van der Waals surface area contributed by atoms with Crippen molar-refractivity contribution in [2.45, 2.75) is 64.1 Å². The van der Waals surface area contributed by atoms with Gasteiger partial charge in [0.15, 0.2) is 0 Å². The van der Waals surface area contributed by atoms with E-state index in [1.54, 1.807) is 42.5 Å². The largest absolute Gasteiger partial charge is 0.497 e. The van der Waals surface area contributed by atoms with Gasteiger partial charge in [-0.25, -0.2) is 8.42 Å². The van der Waals surface area contributed by atoms with Crippen molar-refractivity contribution >= 4 is 27.5 Å². The van der Waals surface area contributed by atoms with Crippen LogP contribution in [-0.2, 0) is 26.2 Å². The van der Waals surface area contributed by atoms with Crippen molar-refractivity contribution < 1.29 is 22.7 Å². The van der Waals surface area contributed by atoms with Gasteiger partial charge in [-0.2, -0.15) is 0 Å². The summed E-state index contributed by atoms with van der Waals surface area (Å²) in [7, 11) is -2.59. The molecule has 8 nitrogen and oxygen atoms in total. The van der Waals surface area contributed by atoms with E-state index >= 15 is 0 Å². The zero-order chi connectivity index (χ0) is 29.3. The third-order valence-electron chi connectivity index (χ3n) is 6.83. The normalized spacial score (nSPS) is 12.7. The SMILES string of the molecule is CC[C@@H](C)NC(=O)[C@@H](CC)N(Cc1ccc(C)cc1)C(=O)CN(c1ccc(OC)cc1)S(=O)(=O)c1ccccc1. The Hall–Kier alpha value is -3.85. The first kappa shape index (κ1) is 30.7. The first-order valence-electron chi connectivity index (χ1n) is 13.5. The summed E-state index contributed by atoms with van der Waals surface area (Å²) in [6.07, 6.45) is 1.11. The van der Waals surface area contributed by atoms with Gasteiger partial charge in [0.05, 0.1) is 17.7 Å². The molecule has 1 N–H and O–H groups in total. The molecule has 0 heterocycles. The standard InChI is InChI=1S/C31H39N3O5S/c1-6-24(4)32-31(36)29(7-2)33(21-25-15-13-23(3)14-16-25)30(35)22-34(26-17-19-27(39-5)20-18-26)40(37,38)28-11-9-8-10-12-28/h8-20,24,29H,6-7,21-22H2,1-5H3,(H,32,36)/t24-,29-/m1/s1. The summed E-state index contributed by atoms with van der Waals surface area (Å²) in [5, 5.41) is 2.99. The van der Waals surface area contributed by atoms with E-state index < -0.39 is 28.5 Å². The summed E-state index contributed by atoms with van der Waals surface area (Å²) in [5.74, 6) is -0.192. The fraction of sp³-hybridized carbons (Fsp3) is 0.355. The van der Waals surface area contributed by atoms with Gasteiger partial charge in [-0.05, 0) is 68.7 Å². The molecule has 0 spiro atoms. The molecule has 0 aromatic heterocycles. The first-order chi connectivity index (χ1) is 19.1. The Kier molecular flexibility index (Phi) is 10.7. The van der Waals surface area contributed by atoms with Crippen LogP contribution in [0.15, 0.2) is 83.8 Å². The van der Waals surface area contributed by atoms with Gasteiger partial charge >= 0.3 is 0 Å². The van der Waals surface area contributed by atoms with E-state index in [4.69, 9.17) is 4.74 Å². The second-order valence-electron chi connectivity index (χ2n) is 9.77. The van der Waals surface area contributed by atoms with Crippen molar-refractivity contribution in [3.63, 3.8) is 0 Å². The molecule has 0 fully saturated rings. The molecule has 3 aromatic rings. The van der Waals surface area contributed by atoms with Gasteiger partial charge in [0, 0.05) is 12.6 Å². The lowest BCUT2D eigenvalue weighted by Gasteiger charge is -2.33. The van der Waals surface area contributed by atoms with Gasteiger partial charge in [-0.1, -0.05) is 61.9 Å². The number of anilines is 1. The van der Waals surface area contributed by atoms with Crippen LogP contribution in [0, 0.1) is 6.92 Å². The number of nitrogens with zero attached hydrogens (tertiary/aromatic N) is 2. The fourth-order valence-electron chi connectivity index (χ4n) is 4.25. The number of carbonyl (C=O) groups excluding carboxylic acids is 2. The summed E-state index contributed by atoms with van der Waals surface area (Å²) in [6.45, 7) is 7.38. The summed E-state index contributed by atoms with van der Waals surface area (Å²) in [6, 6.07) is 21.4. The van der Waals surface area contributed by atoms with E-state index in [1.165, 1.54) is 24.1 Å². The molecule has 40 heavy (non-hydrogen) atoms. The number of hydrogen-bond acceptors (Lipinski definition) is 5. The molecule has 2 amide bonds. The number of nitrogens with one attached hydrogen (secondary N) is 1. The Morgan fingerprint density at radius 3 is 2.08 bits per heavy atom. The highest BCUT2D eigenvalue weighted by atomic mass is 32.2. The maximum absolute atomic E-state index is 14.1. The third kappa shape index (κ3) is 7.63. The van der Waals surface area contributed by atoms with E-state index in [0.29, 0.717) is 17.9 Å². The van der Waals surface area contributed by atoms with E-state index in [-0.39, 0.29) is 23.4 Å². The van der Waals surface area contributed by atoms with Gasteiger partial charge < -0.3 is 15.0 Å². The van der Waals surface area contributed by atoms with Crippen molar-refractivity contribution in [2.75, 3.05) is 18.0 Å². The minimum absolute atomic E-state index is 0.0604. The molecule has 0 saturated heterocycles.